The summed E-state index contributed by atoms with van der Waals surface area (Å²) in [5.74, 6) is 1.79. The lowest BCUT2D eigenvalue weighted by Gasteiger charge is -2.20. The molecular weight excluding hydrogens is 306 g/mol. The van der Waals surface area contributed by atoms with Crippen LogP contribution in [0, 0.1) is 0 Å². The lowest BCUT2D eigenvalue weighted by atomic mass is 9.96. The van der Waals surface area contributed by atoms with E-state index in [9.17, 15) is 0 Å². The molecule has 0 N–H and O–H groups in total. The Morgan fingerprint density at radius 3 is 2.48 bits per heavy atom. The van der Waals surface area contributed by atoms with Gasteiger partial charge in [-0.15, -0.1) is 0 Å². The van der Waals surface area contributed by atoms with Crippen LogP contribution in [0.4, 0.5) is 0 Å². The molecule has 126 valence electrons. The Hall–Kier alpha value is -2.61. The Morgan fingerprint density at radius 1 is 0.880 bits per heavy atom. The van der Waals surface area contributed by atoms with Crippen LogP contribution in [-0.2, 0) is 0 Å². The Balaban J connectivity index is 1.64. The molecule has 1 fully saturated rings. The van der Waals surface area contributed by atoms with Gasteiger partial charge in [-0.05, 0) is 36.6 Å². The molecule has 0 amide bonds. The van der Waals surface area contributed by atoms with E-state index in [2.05, 4.69) is 36.4 Å². The molecule has 2 aliphatic rings. The SMILES string of the molecule is C(/C=C1\C=C(c2ccccc2)Oc2ccccc21)=NC1CCCCC1. The quantitative estimate of drug-likeness (QED) is 0.642. The van der Waals surface area contributed by atoms with Gasteiger partial charge in [0.05, 0.1) is 0 Å². The largest absolute Gasteiger partial charge is 0.456 e. The molecular formula is C23H23NO. The number of nitrogens with zero attached hydrogens (tertiary/aromatic N) is 1. The van der Waals surface area contributed by atoms with Crippen LogP contribution in [0.2, 0.25) is 0 Å². The molecule has 0 radical (unpaired) electrons. The fourth-order valence-corrected chi connectivity index (χ4v) is 3.52. The van der Waals surface area contributed by atoms with Crippen molar-refractivity contribution >= 4 is 17.5 Å². The average molecular weight is 329 g/mol. The van der Waals surface area contributed by atoms with E-state index in [1.165, 1.54) is 32.1 Å². The van der Waals surface area contributed by atoms with Gasteiger partial charge in [0, 0.05) is 23.4 Å². The van der Waals surface area contributed by atoms with E-state index in [1.54, 1.807) is 0 Å². The third-order valence-corrected chi connectivity index (χ3v) is 4.89. The molecule has 25 heavy (non-hydrogen) atoms. The maximum Gasteiger partial charge on any atom is 0.135 e. The number of para-hydroxylation sites is 1. The van der Waals surface area contributed by atoms with Gasteiger partial charge in [0.2, 0.25) is 0 Å². The van der Waals surface area contributed by atoms with Crippen molar-refractivity contribution in [1.29, 1.82) is 0 Å². The summed E-state index contributed by atoms with van der Waals surface area (Å²) < 4.78 is 6.12. The van der Waals surface area contributed by atoms with E-state index in [0.717, 1.165) is 28.2 Å². The smallest absolute Gasteiger partial charge is 0.135 e. The molecule has 0 unspecified atom stereocenters. The van der Waals surface area contributed by atoms with Crippen LogP contribution in [0.1, 0.15) is 43.2 Å². The number of benzene rings is 2. The lowest BCUT2D eigenvalue weighted by molar-refractivity contribution is 0.444. The standard InChI is InChI=1S/C23H23NO/c1-3-9-18(10-4-1)23-17-19(21-13-7-8-14-22(21)25-23)15-16-24-20-11-5-2-6-12-20/h1,3-4,7-10,13-17,20H,2,5-6,11-12H2/b19-15+,24-16?. The number of ether oxygens (including phenoxy) is 1. The van der Waals surface area contributed by atoms with Crippen LogP contribution < -0.4 is 4.74 Å². The van der Waals surface area contributed by atoms with Crippen LogP contribution >= 0.6 is 0 Å². The van der Waals surface area contributed by atoms with Gasteiger partial charge >= 0.3 is 0 Å². The molecule has 2 aromatic carbocycles. The normalized spacial score (nSPS) is 19.5. The van der Waals surface area contributed by atoms with Gasteiger partial charge in [0.25, 0.3) is 0 Å². The van der Waals surface area contributed by atoms with E-state index in [-0.39, 0.29) is 0 Å². The summed E-state index contributed by atoms with van der Waals surface area (Å²) in [6.45, 7) is 0. The molecule has 1 heterocycles. The zero-order valence-electron chi connectivity index (χ0n) is 14.4. The summed E-state index contributed by atoms with van der Waals surface area (Å²) in [5, 5.41) is 0. The number of allylic oxidation sites excluding steroid dienone is 3. The second-order valence-electron chi connectivity index (χ2n) is 6.68. The van der Waals surface area contributed by atoms with Crippen molar-refractivity contribution in [2.24, 2.45) is 4.99 Å². The minimum absolute atomic E-state index is 0.498. The molecule has 1 aliphatic carbocycles. The first-order valence-corrected chi connectivity index (χ1v) is 9.18. The summed E-state index contributed by atoms with van der Waals surface area (Å²) in [6, 6.07) is 18.9. The van der Waals surface area contributed by atoms with Gasteiger partial charge in [-0.3, -0.25) is 4.99 Å². The fourth-order valence-electron chi connectivity index (χ4n) is 3.52. The molecule has 1 saturated carbocycles. The zero-order chi connectivity index (χ0) is 16.9. The van der Waals surface area contributed by atoms with Crippen molar-refractivity contribution in [2.45, 2.75) is 38.1 Å². The topological polar surface area (TPSA) is 21.6 Å². The zero-order valence-corrected chi connectivity index (χ0v) is 14.4. The highest BCUT2D eigenvalue weighted by molar-refractivity contribution is 5.95. The maximum atomic E-state index is 6.12. The third-order valence-electron chi connectivity index (χ3n) is 4.89. The molecule has 0 bridgehead atoms. The Bertz CT molecular complexity index is 811. The Kier molecular flexibility index (Phi) is 4.78. The summed E-state index contributed by atoms with van der Waals surface area (Å²) in [4.78, 5) is 4.78. The fraction of sp³-hybridized carbons (Fsp3) is 0.261. The van der Waals surface area contributed by atoms with Gasteiger partial charge in [-0.1, -0.05) is 67.8 Å². The van der Waals surface area contributed by atoms with Gasteiger partial charge < -0.3 is 4.74 Å². The van der Waals surface area contributed by atoms with E-state index >= 15 is 0 Å². The van der Waals surface area contributed by atoms with Crippen molar-refractivity contribution in [2.75, 3.05) is 0 Å². The van der Waals surface area contributed by atoms with Crippen LogP contribution in [0.5, 0.6) is 5.75 Å². The van der Waals surface area contributed by atoms with Crippen molar-refractivity contribution in [3.8, 4) is 5.75 Å². The van der Waals surface area contributed by atoms with Crippen LogP contribution in [0.15, 0.2) is 71.7 Å². The molecule has 0 spiro atoms. The molecule has 0 saturated heterocycles. The van der Waals surface area contributed by atoms with Crippen molar-refractivity contribution < 1.29 is 4.74 Å². The molecule has 0 atom stereocenters. The molecule has 2 heteroatoms. The van der Waals surface area contributed by atoms with E-state index in [4.69, 9.17) is 9.73 Å². The van der Waals surface area contributed by atoms with E-state index in [0.29, 0.717) is 6.04 Å². The van der Waals surface area contributed by atoms with Crippen LogP contribution in [0.3, 0.4) is 0 Å². The van der Waals surface area contributed by atoms with Gasteiger partial charge in [-0.2, -0.15) is 0 Å². The van der Waals surface area contributed by atoms with E-state index < -0.39 is 0 Å². The van der Waals surface area contributed by atoms with Crippen LogP contribution in [-0.4, -0.2) is 12.3 Å². The third kappa shape index (κ3) is 3.74. The highest BCUT2D eigenvalue weighted by atomic mass is 16.5. The first-order chi connectivity index (χ1) is 12.4. The summed E-state index contributed by atoms with van der Waals surface area (Å²) >= 11 is 0. The summed E-state index contributed by atoms with van der Waals surface area (Å²) in [5.41, 5.74) is 3.37. The van der Waals surface area contributed by atoms with Gasteiger partial charge in [0.1, 0.15) is 11.5 Å². The molecule has 0 aromatic heterocycles. The monoisotopic (exact) mass is 329 g/mol. The Morgan fingerprint density at radius 2 is 1.64 bits per heavy atom. The van der Waals surface area contributed by atoms with Gasteiger partial charge in [-0.25, -0.2) is 0 Å². The first-order valence-electron chi connectivity index (χ1n) is 9.18. The Labute approximate surface area is 149 Å². The predicted molar refractivity (Wildman–Crippen MR) is 105 cm³/mol. The van der Waals surface area contributed by atoms with Crippen molar-refractivity contribution in [1.82, 2.24) is 0 Å². The summed E-state index contributed by atoms with van der Waals surface area (Å²) in [7, 11) is 0. The summed E-state index contributed by atoms with van der Waals surface area (Å²) in [6.07, 6.45) is 12.7. The highest BCUT2D eigenvalue weighted by Crippen LogP contribution is 2.36. The number of fused-ring (bicyclic) bond motifs is 1. The number of hydrogen-bond donors (Lipinski definition) is 0. The van der Waals surface area contributed by atoms with Gasteiger partial charge in [0.15, 0.2) is 0 Å². The minimum Gasteiger partial charge on any atom is -0.456 e. The maximum absolute atomic E-state index is 6.12. The average Bonchev–Trinajstić information content (AvgIpc) is 2.69. The van der Waals surface area contributed by atoms with Crippen molar-refractivity contribution in [3.63, 3.8) is 0 Å². The van der Waals surface area contributed by atoms with Crippen molar-refractivity contribution in [3.05, 3.63) is 77.9 Å². The first kappa shape index (κ1) is 15.9. The van der Waals surface area contributed by atoms with Crippen LogP contribution in [0.25, 0.3) is 11.3 Å². The number of hydrogen-bond acceptors (Lipinski definition) is 2. The number of aliphatic imine (C=N–C) groups is 1. The molecule has 2 aromatic rings. The van der Waals surface area contributed by atoms with E-state index in [1.807, 2.05) is 36.5 Å². The molecule has 1 aliphatic heterocycles. The second-order valence-corrected chi connectivity index (χ2v) is 6.68. The number of rotatable bonds is 3. The second kappa shape index (κ2) is 7.52. The highest BCUT2D eigenvalue weighted by Gasteiger charge is 2.17. The lowest BCUT2D eigenvalue weighted by Crippen LogP contribution is -2.09. The predicted octanol–water partition coefficient (Wildman–Crippen LogP) is 5.91. The molecule has 2 nitrogen and oxygen atoms in total. The molecule has 4 rings (SSSR count). The minimum atomic E-state index is 0.498.